The number of rotatable bonds is 4. The SMILES string of the molecule is CCOC(=O)c1nnn(-c2cc(C)ccc2OC)c1N. The standard InChI is InChI=1S/C13H16N4O3/c1-4-20-13(18)11-12(14)17(16-15-11)9-7-8(2)5-6-10(9)19-3/h5-7H,4,14H2,1-3H3. The fourth-order valence-corrected chi connectivity index (χ4v) is 1.78. The van der Waals surface area contributed by atoms with Gasteiger partial charge in [-0.15, -0.1) is 5.10 Å². The van der Waals surface area contributed by atoms with Crippen molar-refractivity contribution in [3.63, 3.8) is 0 Å². The van der Waals surface area contributed by atoms with Crippen molar-refractivity contribution in [1.29, 1.82) is 0 Å². The van der Waals surface area contributed by atoms with Gasteiger partial charge in [-0.05, 0) is 31.5 Å². The molecule has 2 N–H and O–H groups in total. The van der Waals surface area contributed by atoms with Crippen LogP contribution in [0, 0.1) is 6.92 Å². The van der Waals surface area contributed by atoms with Crippen LogP contribution >= 0.6 is 0 Å². The van der Waals surface area contributed by atoms with Crippen molar-refractivity contribution in [1.82, 2.24) is 15.0 Å². The molecule has 0 aliphatic heterocycles. The Hall–Kier alpha value is -2.57. The van der Waals surface area contributed by atoms with E-state index in [9.17, 15) is 4.79 Å². The van der Waals surface area contributed by atoms with Gasteiger partial charge in [-0.25, -0.2) is 4.79 Å². The van der Waals surface area contributed by atoms with Gasteiger partial charge in [0, 0.05) is 0 Å². The molecule has 0 bridgehead atoms. The van der Waals surface area contributed by atoms with E-state index in [0.717, 1.165) is 5.56 Å². The van der Waals surface area contributed by atoms with E-state index in [1.807, 2.05) is 19.1 Å². The van der Waals surface area contributed by atoms with Crippen molar-refractivity contribution in [3.8, 4) is 11.4 Å². The Labute approximate surface area is 116 Å². The molecule has 20 heavy (non-hydrogen) atoms. The lowest BCUT2D eigenvalue weighted by molar-refractivity contribution is 0.0520. The summed E-state index contributed by atoms with van der Waals surface area (Å²) in [5.41, 5.74) is 7.54. The summed E-state index contributed by atoms with van der Waals surface area (Å²) >= 11 is 0. The van der Waals surface area contributed by atoms with Gasteiger partial charge < -0.3 is 15.2 Å². The van der Waals surface area contributed by atoms with E-state index < -0.39 is 5.97 Å². The third-order valence-corrected chi connectivity index (χ3v) is 2.74. The van der Waals surface area contributed by atoms with E-state index in [0.29, 0.717) is 11.4 Å². The molecule has 0 saturated carbocycles. The molecule has 0 radical (unpaired) electrons. The predicted molar refractivity (Wildman–Crippen MR) is 73.0 cm³/mol. The molecule has 1 aromatic carbocycles. The van der Waals surface area contributed by atoms with Gasteiger partial charge in [-0.1, -0.05) is 11.3 Å². The number of aromatic nitrogens is 3. The van der Waals surface area contributed by atoms with Crippen molar-refractivity contribution < 1.29 is 14.3 Å². The Balaban J connectivity index is 2.49. The highest BCUT2D eigenvalue weighted by molar-refractivity contribution is 5.92. The Morgan fingerprint density at radius 2 is 2.20 bits per heavy atom. The van der Waals surface area contributed by atoms with Gasteiger partial charge >= 0.3 is 5.97 Å². The maximum atomic E-state index is 11.7. The van der Waals surface area contributed by atoms with Crippen LogP contribution in [0.2, 0.25) is 0 Å². The first kappa shape index (κ1) is 13.9. The van der Waals surface area contributed by atoms with E-state index in [1.165, 1.54) is 4.68 Å². The zero-order chi connectivity index (χ0) is 14.7. The highest BCUT2D eigenvalue weighted by Crippen LogP contribution is 2.26. The maximum Gasteiger partial charge on any atom is 0.362 e. The second-order valence-corrected chi connectivity index (χ2v) is 4.13. The van der Waals surface area contributed by atoms with Crippen molar-refractivity contribution in [2.45, 2.75) is 13.8 Å². The number of nitrogens with zero attached hydrogens (tertiary/aromatic N) is 3. The maximum absolute atomic E-state index is 11.7. The lowest BCUT2D eigenvalue weighted by Gasteiger charge is -2.10. The highest BCUT2D eigenvalue weighted by Gasteiger charge is 2.20. The second-order valence-electron chi connectivity index (χ2n) is 4.13. The number of ether oxygens (including phenoxy) is 2. The normalized spacial score (nSPS) is 10.3. The molecule has 2 aromatic rings. The lowest BCUT2D eigenvalue weighted by atomic mass is 10.2. The molecule has 0 spiro atoms. The molecule has 0 aliphatic carbocycles. The van der Waals surface area contributed by atoms with Crippen molar-refractivity contribution >= 4 is 11.8 Å². The fraction of sp³-hybridized carbons (Fsp3) is 0.308. The largest absolute Gasteiger partial charge is 0.494 e. The molecule has 106 valence electrons. The van der Waals surface area contributed by atoms with Gasteiger partial charge in [0.05, 0.1) is 13.7 Å². The molecule has 0 unspecified atom stereocenters. The zero-order valence-corrected chi connectivity index (χ0v) is 11.6. The molecule has 0 aliphatic rings. The van der Waals surface area contributed by atoms with Crippen LogP contribution in [0.25, 0.3) is 5.69 Å². The van der Waals surface area contributed by atoms with Crippen LogP contribution in [0.15, 0.2) is 18.2 Å². The third kappa shape index (κ3) is 2.42. The predicted octanol–water partition coefficient (Wildman–Crippen LogP) is 1.34. The minimum Gasteiger partial charge on any atom is -0.494 e. The summed E-state index contributed by atoms with van der Waals surface area (Å²) in [6, 6.07) is 5.55. The number of esters is 1. The van der Waals surface area contributed by atoms with E-state index in [1.54, 1.807) is 20.1 Å². The molecule has 0 fully saturated rings. The van der Waals surface area contributed by atoms with Crippen LogP contribution in [0.3, 0.4) is 0 Å². The van der Waals surface area contributed by atoms with E-state index >= 15 is 0 Å². The first-order valence-corrected chi connectivity index (χ1v) is 6.11. The minimum atomic E-state index is -0.595. The van der Waals surface area contributed by atoms with Gasteiger partial charge in [-0.3, -0.25) is 0 Å². The summed E-state index contributed by atoms with van der Waals surface area (Å²) in [6.07, 6.45) is 0. The summed E-state index contributed by atoms with van der Waals surface area (Å²) in [4.78, 5) is 11.7. The van der Waals surface area contributed by atoms with Crippen LogP contribution in [-0.4, -0.2) is 34.7 Å². The summed E-state index contributed by atoms with van der Waals surface area (Å²) in [7, 11) is 1.55. The highest BCUT2D eigenvalue weighted by atomic mass is 16.5. The van der Waals surface area contributed by atoms with Crippen molar-refractivity contribution in [3.05, 3.63) is 29.5 Å². The number of aryl methyl sites for hydroxylation is 1. The number of anilines is 1. The van der Waals surface area contributed by atoms with Crippen molar-refractivity contribution in [2.24, 2.45) is 0 Å². The van der Waals surface area contributed by atoms with Gasteiger partial charge in [0.2, 0.25) is 5.69 Å². The number of carbonyl (C=O) groups excluding carboxylic acids is 1. The average molecular weight is 276 g/mol. The Morgan fingerprint density at radius 1 is 1.45 bits per heavy atom. The number of methoxy groups -OCH3 is 1. The first-order valence-electron chi connectivity index (χ1n) is 6.11. The quantitative estimate of drug-likeness (QED) is 0.847. The van der Waals surface area contributed by atoms with Gasteiger partial charge in [0.25, 0.3) is 0 Å². The molecule has 0 atom stereocenters. The lowest BCUT2D eigenvalue weighted by Crippen LogP contribution is -2.10. The number of nitrogen functional groups attached to an aromatic ring is 1. The summed E-state index contributed by atoms with van der Waals surface area (Å²) in [5.74, 6) is 0.109. The van der Waals surface area contributed by atoms with Crippen LogP contribution in [-0.2, 0) is 4.74 Å². The van der Waals surface area contributed by atoms with Gasteiger partial charge in [0.1, 0.15) is 11.4 Å². The van der Waals surface area contributed by atoms with Crippen LogP contribution < -0.4 is 10.5 Å². The topological polar surface area (TPSA) is 92.3 Å². The molecule has 1 aromatic heterocycles. The molecular weight excluding hydrogens is 260 g/mol. The molecule has 7 heteroatoms. The number of nitrogens with two attached hydrogens (primary N) is 1. The van der Waals surface area contributed by atoms with Gasteiger partial charge in [0.15, 0.2) is 5.82 Å². The Morgan fingerprint density at radius 3 is 2.85 bits per heavy atom. The fourth-order valence-electron chi connectivity index (χ4n) is 1.78. The zero-order valence-electron chi connectivity index (χ0n) is 11.6. The van der Waals surface area contributed by atoms with Crippen molar-refractivity contribution in [2.75, 3.05) is 19.5 Å². The molecule has 2 rings (SSSR count). The second kappa shape index (κ2) is 5.60. The Kier molecular flexibility index (Phi) is 3.88. The summed E-state index contributed by atoms with van der Waals surface area (Å²) in [6.45, 7) is 3.89. The third-order valence-electron chi connectivity index (χ3n) is 2.74. The van der Waals surface area contributed by atoms with Gasteiger partial charge in [-0.2, -0.15) is 4.68 Å². The monoisotopic (exact) mass is 276 g/mol. The molecule has 7 nitrogen and oxygen atoms in total. The first-order chi connectivity index (χ1) is 9.58. The number of hydrogen-bond donors (Lipinski definition) is 1. The van der Waals surface area contributed by atoms with E-state index in [2.05, 4.69) is 10.3 Å². The van der Waals surface area contributed by atoms with Crippen LogP contribution in [0.1, 0.15) is 23.0 Å². The van der Waals surface area contributed by atoms with Crippen LogP contribution in [0.4, 0.5) is 5.82 Å². The number of carbonyl (C=O) groups is 1. The van der Waals surface area contributed by atoms with E-state index in [-0.39, 0.29) is 18.1 Å². The molecule has 0 amide bonds. The average Bonchev–Trinajstić information content (AvgIpc) is 2.80. The molecule has 1 heterocycles. The smallest absolute Gasteiger partial charge is 0.362 e. The van der Waals surface area contributed by atoms with E-state index in [4.69, 9.17) is 15.2 Å². The minimum absolute atomic E-state index is 0.00425. The molecule has 0 saturated heterocycles. The van der Waals surface area contributed by atoms with Crippen LogP contribution in [0.5, 0.6) is 5.75 Å². The number of hydrogen-bond acceptors (Lipinski definition) is 6. The number of benzene rings is 1. The summed E-state index contributed by atoms with van der Waals surface area (Å²) < 4.78 is 11.5. The summed E-state index contributed by atoms with van der Waals surface area (Å²) in [5, 5.41) is 7.67. The molecular formula is C13H16N4O3. The Bertz CT molecular complexity index is 637.